The zero-order chi connectivity index (χ0) is 7.40. The standard InChI is InChI=1S/C6H4NO2S/c8-7(9)4-3-6-2-1-5-10-6/h1-3,5H. The first-order chi connectivity index (χ1) is 4.79. The van der Waals surface area contributed by atoms with Crippen LogP contribution in [0.2, 0.25) is 0 Å². The molecule has 0 saturated carbocycles. The predicted octanol–water partition coefficient (Wildman–Crippen LogP) is 1.80. The Bertz CT molecular complexity index is 240. The van der Waals surface area contributed by atoms with Crippen molar-refractivity contribution < 1.29 is 4.92 Å². The molecule has 1 radical (unpaired) electrons. The Morgan fingerprint density at radius 1 is 1.80 bits per heavy atom. The van der Waals surface area contributed by atoms with Gasteiger partial charge in [0, 0.05) is 11.0 Å². The first-order valence-electron chi connectivity index (χ1n) is 2.56. The van der Waals surface area contributed by atoms with Gasteiger partial charge in [-0.05, 0) is 11.4 Å². The van der Waals surface area contributed by atoms with Gasteiger partial charge in [-0.25, -0.2) is 0 Å². The second-order valence-corrected chi connectivity index (χ2v) is 2.53. The number of hydrogen-bond donors (Lipinski definition) is 0. The van der Waals surface area contributed by atoms with Gasteiger partial charge in [0.15, 0.2) is 0 Å². The van der Waals surface area contributed by atoms with Crippen molar-refractivity contribution in [2.24, 2.45) is 0 Å². The third kappa shape index (κ3) is 1.99. The Morgan fingerprint density at radius 2 is 2.60 bits per heavy atom. The van der Waals surface area contributed by atoms with Crippen molar-refractivity contribution in [3.8, 4) is 0 Å². The van der Waals surface area contributed by atoms with Crippen molar-refractivity contribution in [1.82, 2.24) is 0 Å². The molecule has 1 rings (SSSR count). The molecule has 10 heavy (non-hydrogen) atoms. The first-order valence-corrected chi connectivity index (χ1v) is 3.44. The maximum Gasteiger partial charge on any atom is 0.347 e. The summed E-state index contributed by atoms with van der Waals surface area (Å²) >= 11 is 1.44. The molecule has 0 atom stereocenters. The molecule has 4 heteroatoms. The minimum Gasteiger partial charge on any atom is -0.258 e. The largest absolute Gasteiger partial charge is 0.347 e. The van der Waals surface area contributed by atoms with E-state index >= 15 is 0 Å². The zero-order valence-electron chi connectivity index (χ0n) is 4.98. The molecule has 0 aliphatic heterocycles. The molecule has 0 amide bonds. The Balaban J connectivity index is 2.64. The number of nitrogens with zero attached hydrogens (tertiary/aromatic N) is 1. The quantitative estimate of drug-likeness (QED) is 0.370. The van der Waals surface area contributed by atoms with Crippen LogP contribution in [-0.4, -0.2) is 4.92 Å². The van der Waals surface area contributed by atoms with Gasteiger partial charge >= 0.3 is 6.20 Å². The fourth-order valence-corrected chi connectivity index (χ4v) is 1.08. The van der Waals surface area contributed by atoms with Crippen LogP contribution in [0.3, 0.4) is 0 Å². The van der Waals surface area contributed by atoms with Crippen LogP contribution >= 0.6 is 11.3 Å². The van der Waals surface area contributed by atoms with Gasteiger partial charge in [0.2, 0.25) is 0 Å². The van der Waals surface area contributed by atoms with Gasteiger partial charge in [0.05, 0.1) is 4.92 Å². The fourth-order valence-electron chi connectivity index (χ4n) is 0.490. The van der Waals surface area contributed by atoms with Crippen LogP contribution in [0.15, 0.2) is 17.5 Å². The summed E-state index contributed by atoms with van der Waals surface area (Å²) in [6, 6.07) is 3.62. The minimum atomic E-state index is -0.597. The van der Waals surface area contributed by atoms with Crippen molar-refractivity contribution in [1.29, 1.82) is 0 Å². The molecule has 0 aliphatic carbocycles. The van der Waals surface area contributed by atoms with Crippen LogP contribution < -0.4 is 0 Å². The predicted molar refractivity (Wildman–Crippen MR) is 39.0 cm³/mol. The molecule has 0 fully saturated rings. The normalized spacial score (nSPS) is 10.4. The Labute approximate surface area is 61.8 Å². The molecule has 0 bridgehead atoms. The molecule has 1 aromatic rings. The van der Waals surface area contributed by atoms with E-state index in [4.69, 9.17) is 0 Å². The average Bonchev–Trinajstić information content (AvgIpc) is 2.34. The second kappa shape index (κ2) is 3.12. The summed E-state index contributed by atoms with van der Waals surface area (Å²) in [4.78, 5) is 10.0. The van der Waals surface area contributed by atoms with E-state index in [0.717, 1.165) is 4.88 Å². The molecule has 3 nitrogen and oxygen atoms in total. The molecule has 1 aromatic heterocycles. The average molecular weight is 154 g/mol. The summed E-state index contributed by atoms with van der Waals surface area (Å²) in [6.45, 7) is 0. The van der Waals surface area contributed by atoms with Crippen molar-refractivity contribution in [2.75, 3.05) is 0 Å². The summed E-state index contributed by atoms with van der Waals surface area (Å²) in [5.41, 5.74) is 0. The summed E-state index contributed by atoms with van der Waals surface area (Å²) in [5.74, 6) is 0. The molecule has 0 saturated heterocycles. The number of rotatable bonds is 2. The third-order valence-corrected chi connectivity index (χ3v) is 1.67. The van der Waals surface area contributed by atoms with E-state index in [9.17, 15) is 10.1 Å². The van der Waals surface area contributed by atoms with Crippen LogP contribution in [-0.2, 0) is 0 Å². The maximum atomic E-state index is 9.76. The number of hydrogen-bond acceptors (Lipinski definition) is 3. The Hall–Kier alpha value is -1.16. The van der Waals surface area contributed by atoms with Crippen molar-refractivity contribution in [3.05, 3.63) is 38.7 Å². The van der Waals surface area contributed by atoms with Crippen molar-refractivity contribution >= 4 is 17.4 Å². The summed E-state index contributed by atoms with van der Waals surface area (Å²) in [7, 11) is 0. The van der Waals surface area contributed by atoms with Crippen LogP contribution in [0.4, 0.5) is 0 Å². The summed E-state index contributed by atoms with van der Waals surface area (Å²) in [5, 5.41) is 11.6. The molecule has 0 aromatic carbocycles. The number of thiophene rings is 1. The molecule has 0 N–H and O–H groups in total. The summed E-state index contributed by atoms with van der Waals surface area (Å²) in [6.07, 6.45) is 3.31. The van der Waals surface area contributed by atoms with Crippen molar-refractivity contribution in [3.63, 3.8) is 0 Å². The molecule has 1 heterocycles. The lowest BCUT2D eigenvalue weighted by atomic mass is 10.5. The Kier molecular flexibility index (Phi) is 2.17. The highest BCUT2D eigenvalue weighted by Crippen LogP contribution is 2.09. The van der Waals surface area contributed by atoms with E-state index < -0.39 is 4.92 Å². The summed E-state index contributed by atoms with van der Waals surface area (Å²) < 4.78 is 0. The fraction of sp³-hybridized carbons (Fsp3) is 0. The van der Waals surface area contributed by atoms with Gasteiger partial charge in [0.25, 0.3) is 0 Å². The van der Waals surface area contributed by atoms with Crippen LogP contribution in [0.5, 0.6) is 0 Å². The third-order valence-electron chi connectivity index (χ3n) is 0.855. The lowest BCUT2D eigenvalue weighted by Crippen LogP contribution is -1.81. The van der Waals surface area contributed by atoms with Gasteiger partial charge in [-0.3, -0.25) is 10.1 Å². The lowest BCUT2D eigenvalue weighted by molar-refractivity contribution is -0.417. The second-order valence-electron chi connectivity index (χ2n) is 1.55. The van der Waals surface area contributed by atoms with Gasteiger partial charge in [-0.1, -0.05) is 6.07 Å². The van der Waals surface area contributed by atoms with Crippen LogP contribution in [0.25, 0.3) is 6.08 Å². The molecule has 0 spiro atoms. The van der Waals surface area contributed by atoms with E-state index in [0.29, 0.717) is 0 Å². The number of nitro groups is 1. The SMILES string of the molecule is O=[N+]([O-])/[C]=C/c1cccs1. The van der Waals surface area contributed by atoms with Gasteiger partial charge in [0.1, 0.15) is 0 Å². The van der Waals surface area contributed by atoms with Gasteiger partial charge < -0.3 is 0 Å². The van der Waals surface area contributed by atoms with Gasteiger partial charge in [-0.15, -0.1) is 11.3 Å². The highest BCUT2D eigenvalue weighted by Gasteiger charge is 1.90. The highest BCUT2D eigenvalue weighted by atomic mass is 32.1. The molecular weight excluding hydrogens is 150 g/mol. The van der Waals surface area contributed by atoms with E-state index in [-0.39, 0.29) is 0 Å². The van der Waals surface area contributed by atoms with E-state index in [1.165, 1.54) is 17.4 Å². The molecule has 0 unspecified atom stereocenters. The van der Waals surface area contributed by atoms with Gasteiger partial charge in [-0.2, -0.15) is 0 Å². The Morgan fingerprint density at radius 3 is 3.10 bits per heavy atom. The molecule has 51 valence electrons. The highest BCUT2D eigenvalue weighted by molar-refractivity contribution is 7.10. The van der Waals surface area contributed by atoms with Crippen LogP contribution in [0, 0.1) is 16.3 Å². The topological polar surface area (TPSA) is 43.1 Å². The first kappa shape index (κ1) is 6.95. The zero-order valence-corrected chi connectivity index (χ0v) is 5.80. The van der Waals surface area contributed by atoms with E-state index in [1.54, 1.807) is 6.07 Å². The molecule has 0 aliphatic rings. The lowest BCUT2D eigenvalue weighted by Gasteiger charge is -1.75. The minimum absolute atomic E-state index is 0.597. The smallest absolute Gasteiger partial charge is 0.258 e. The monoisotopic (exact) mass is 154 g/mol. The van der Waals surface area contributed by atoms with Crippen molar-refractivity contribution in [2.45, 2.75) is 0 Å². The van der Waals surface area contributed by atoms with E-state index in [2.05, 4.69) is 0 Å². The van der Waals surface area contributed by atoms with E-state index in [1.807, 2.05) is 17.6 Å². The van der Waals surface area contributed by atoms with Crippen LogP contribution in [0.1, 0.15) is 4.88 Å². The molecular formula is C6H4NO2S. The maximum absolute atomic E-state index is 9.76.